The molecule has 7 nitrogen and oxygen atoms in total. The summed E-state index contributed by atoms with van der Waals surface area (Å²) < 4.78 is 1.23. The van der Waals surface area contributed by atoms with Crippen LogP contribution in [-0.2, 0) is 11.8 Å². The normalized spacial score (nSPS) is 10.4. The Labute approximate surface area is 113 Å². The van der Waals surface area contributed by atoms with E-state index in [1.54, 1.807) is 24.3 Å². The lowest BCUT2D eigenvalue weighted by molar-refractivity contribution is -0.135. The molecular formula is C13H12N2O5. The quantitative estimate of drug-likeness (QED) is 0.734. The lowest BCUT2D eigenvalue weighted by Gasteiger charge is -2.11. The molecule has 0 aliphatic heterocycles. The molecule has 1 aromatic carbocycles. The number of amides is 1. The predicted molar refractivity (Wildman–Crippen MR) is 70.8 cm³/mol. The second kappa shape index (κ2) is 5.04. The summed E-state index contributed by atoms with van der Waals surface area (Å²) in [6, 6.07) is 6.56. The van der Waals surface area contributed by atoms with E-state index in [2.05, 4.69) is 5.32 Å². The first kappa shape index (κ1) is 13.6. The zero-order valence-corrected chi connectivity index (χ0v) is 10.6. The first-order valence-electron chi connectivity index (χ1n) is 5.74. The Hall–Kier alpha value is -2.83. The summed E-state index contributed by atoms with van der Waals surface area (Å²) in [7, 11) is 1.47. The zero-order valence-electron chi connectivity index (χ0n) is 10.6. The van der Waals surface area contributed by atoms with E-state index in [1.807, 2.05) is 0 Å². The molecule has 0 atom stereocenters. The smallest absolute Gasteiger partial charge is 0.322 e. The minimum atomic E-state index is -1.24. The van der Waals surface area contributed by atoms with Crippen molar-refractivity contribution < 1.29 is 19.8 Å². The minimum absolute atomic E-state index is 0.343. The number of aliphatic carboxylic acids is 1. The molecule has 0 spiro atoms. The molecule has 1 aromatic heterocycles. The Morgan fingerprint density at radius 2 is 1.95 bits per heavy atom. The number of benzene rings is 1. The van der Waals surface area contributed by atoms with Crippen molar-refractivity contribution in [3.8, 4) is 5.75 Å². The molecule has 104 valence electrons. The van der Waals surface area contributed by atoms with Gasteiger partial charge in [-0.3, -0.25) is 14.4 Å². The van der Waals surface area contributed by atoms with Gasteiger partial charge in [0, 0.05) is 12.4 Å². The van der Waals surface area contributed by atoms with Gasteiger partial charge in [0.25, 0.3) is 11.5 Å². The number of pyridine rings is 1. The summed E-state index contributed by atoms with van der Waals surface area (Å²) in [5, 5.41) is 21.0. The zero-order chi connectivity index (χ0) is 14.9. The van der Waals surface area contributed by atoms with Gasteiger partial charge >= 0.3 is 5.97 Å². The molecule has 2 aromatic rings. The van der Waals surface area contributed by atoms with Crippen molar-refractivity contribution in [2.45, 2.75) is 0 Å². The van der Waals surface area contributed by atoms with E-state index in [0.717, 1.165) is 0 Å². The van der Waals surface area contributed by atoms with Crippen LogP contribution in [0.25, 0.3) is 10.9 Å². The monoisotopic (exact) mass is 276 g/mol. The van der Waals surface area contributed by atoms with Gasteiger partial charge in [-0.15, -0.1) is 0 Å². The Morgan fingerprint density at radius 3 is 2.60 bits per heavy atom. The first-order valence-corrected chi connectivity index (χ1v) is 5.74. The fourth-order valence-electron chi connectivity index (χ4n) is 1.93. The Balaban J connectivity index is 2.62. The molecule has 20 heavy (non-hydrogen) atoms. The number of aromatic nitrogens is 1. The van der Waals surface area contributed by atoms with Crippen LogP contribution in [0.3, 0.4) is 0 Å². The number of carbonyl (C=O) groups is 2. The van der Waals surface area contributed by atoms with Gasteiger partial charge in [-0.25, -0.2) is 0 Å². The molecule has 1 heterocycles. The number of aromatic hydroxyl groups is 1. The fraction of sp³-hybridized carbons (Fsp3) is 0.154. The molecule has 0 unspecified atom stereocenters. The SMILES string of the molecule is Cn1c(=O)c(C(=O)NCC(=O)O)c(O)c2ccccc21. The van der Waals surface area contributed by atoms with Gasteiger partial charge in [0.1, 0.15) is 17.9 Å². The highest BCUT2D eigenvalue weighted by Gasteiger charge is 2.21. The molecule has 0 radical (unpaired) electrons. The molecule has 0 aliphatic carbocycles. The van der Waals surface area contributed by atoms with Crippen LogP contribution in [0.4, 0.5) is 0 Å². The number of fused-ring (bicyclic) bond motifs is 1. The van der Waals surface area contributed by atoms with E-state index < -0.39 is 35.3 Å². The average molecular weight is 276 g/mol. The Morgan fingerprint density at radius 1 is 1.30 bits per heavy atom. The average Bonchev–Trinajstić information content (AvgIpc) is 2.43. The lowest BCUT2D eigenvalue weighted by atomic mass is 10.1. The lowest BCUT2D eigenvalue weighted by Crippen LogP contribution is -2.35. The van der Waals surface area contributed by atoms with Crippen LogP contribution >= 0.6 is 0 Å². The van der Waals surface area contributed by atoms with Crippen molar-refractivity contribution >= 4 is 22.8 Å². The molecule has 0 bridgehead atoms. The third kappa shape index (κ3) is 2.20. The van der Waals surface area contributed by atoms with Crippen LogP contribution in [0.1, 0.15) is 10.4 Å². The largest absolute Gasteiger partial charge is 0.506 e. The molecular weight excluding hydrogens is 264 g/mol. The van der Waals surface area contributed by atoms with Crippen molar-refractivity contribution in [3.63, 3.8) is 0 Å². The maximum Gasteiger partial charge on any atom is 0.322 e. The number of carboxylic acids is 1. The van der Waals surface area contributed by atoms with Crippen molar-refractivity contribution in [3.05, 3.63) is 40.2 Å². The number of carboxylic acid groups (broad SMARTS) is 1. The second-order valence-electron chi connectivity index (χ2n) is 4.18. The van der Waals surface area contributed by atoms with Gasteiger partial charge in [-0.05, 0) is 12.1 Å². The minimum Gasteiger partial charge on any atom is -0.506 e. The molecule has 0 saturated heterocycles. The van der Waals surface area contributed by atoms with E-state index in [4.69, 9.17) is 5.11 Å². The summed E-state index contributed by atoms with van der Waals surface area (Å²) >= 11 is 0. The van der Waals surface area contributed by atoms with Crippen LogP contribution in [0.15, 0.2) is 29.1 Å². The van der Waals surface area contributed by atoms with Crippen molar-refractivity contribution in [1.29, 1.82) is 0 Å². The maximum atomic E-state index is 12.1. The number of aryl methyl sites for hydroxylation is 1. The predicted octanol–water partition coefficient (Wildman–Crippen LogP) is 0.0585. The summed E-state index contributed by atoms with van der Waals surface area (Å²) in [6.07, 6.45) is 0. The van der Waals surface area contributed by atoms with E-state index in [9.17, 15) is 19.5 Å². The van der Waals surface area contributed by atoms with Crippen LogP contribution < -0.4 is 10.9 Å². The molecule has 0 fully saturated rings. The molecule has 3 N–H and O–H groups in total. The number of nitrogens with one attached hydrogen (secondary N) is 1. The topological polar surface area (TPSA) is 109 Å². The molecule has 0 saturated carbocycles. The van der Waals surface area contributed by atoms with E-state index in [0.29, 0.717) is 10.9 Å². The maximum absolute atomic E-state index is 12.1. The third-order valence-electron chi connectivity index (χ3n) is 2.90. The molecule has 2 rings (SSSR count). The molecule has 7 heteroatoms. The van der Waals surface area contributed by atoms with Gasteiger partial charge in [0.05, 0.1) is 5.52 Å². The highest BCUT2D eigenvalue weighted by molar-refractivity contribution is 6.03. The van der Waals surface area contributed by atoms with Crippen molar-refractivity contribution in [2.24, 2.45) is 7.05 Å². The van der Waals surface area contributed by atoms with Crippen molar-refractivity contribution in [1.82, 2.24) is 9.88 Å². The highest BCUT2D eigenvalue weighted by Crippen LogP contribution is 2.25. The summed E-state index contributed by atoms with van der Waals surface area (Å²) in [5.41, 5.74) is -0.679. The summed E-state index contributed by atoms with van der Waals surface area (Å²) in [4.78, 5) is 34.3. The number of rotatable bonds is 3. The Bertz CT molecular complexity index is 763. The van der Waals surface area contributed by atoms with Gasteiger partial charge in [0.2, 0.25) is 0 Å². The summed E-state index contributed by atoms with van der Waals surface area (Å²) in [5.74, 6) is -2.61. The standard InChI is InChI=1S/C13H12N2O5/c1-15-8-5-3-2-4-7(8)11(18)10(13(15)20)12(19)14-6-9(16)17/h2-5,18H,6H2,1H3,(H,14,19)(H,16,17). The third-order valence-corrected chi connectivity index (χ3v) is 2.90. The molecule has 1 amide bonds. The van der Waals surface area contributed by atoms with E-state index >= 15 is 0 Å². The molecule has 0 aliphatic rings. The van der Waals surface area contributed by atoms with Gasteiger partial charge in [-0.2, -0.15) is 0 Å². The Kier molecular flexibility index (Phi) is 3.43. The summed E-state index contributed by atoms with van der Waals surface area (Å²) in [6.45, 7) is -0.631. The number of nitrogens with zero attached hydrogens (tertiary/aromatic N) is 1. The van der Waals surface area contributed by atoms with Gasteiger partial charge in [-0.1, -0.05) is 12.1 Å². The number of hydrogen-bond donors (Lipinski definition) is 3. The second-order valence-corrected chi connectivity index (χ2v) is 4.18. The van der Waals surface area contributed by atoms with Gasteiger partial charge in [0.15, 0.2) is 0 Å². The number of carbonyl (C=O) groups excluding carboxylic acids is 1. The van der Waals surface area contributed by atoms with Crippen LogP contribution in [0, 0.1) is 0 Å². The van der Waals surface area contributed by atoms with E-state index in [1.165, 1.54) is 11.6 Å². The number of hydrogen-bond acceptors (Lipinski definition) is 4. The van der Waals surface area contributed by atoms with Crippen LogP contribution in [-0.4, -0.2) is 33.2 Å². The highest BCUT2D eigenvalue weighted by atomic mass is 16.4. The van der Waals surface area contributed by atoms with Crippen LogP contribution in [0.2, 0.25) is 0 Å². The van der Waals surface area contributed by atoms with E-state index in [-0.39, 0.29) is 0 Å². The fourth-order valence-corrected chi connectivity index (χ4v) is 1.93. The van der Waals surface area contributed by atoms with Crippen molar-refractivity contribution in [2.75, 3.05) is 6.54 Å². The van der Waals surface area contributed by atoms with Crippen LogP contribution in [0.5, 0.6) is 5.75 Å². The van der Waals surface area contributed by atoms with Gasteiger partial charge < -0.3 is 20.1 Å². The number of para-hydroxylation sites is 1. The first-order chi connectivity index (χ1) is 9.43.